The highest BCUT2D eigenvalue weighted by molar-refractivity contribution is 7.09. The largest absolute Gasteiger partial charge is 0.480 e. The molecular weight excluding hydrogens is 330 g/mol. The van der Waals surface area contributed by atoms with Crippen molar-refractivity contribution in [3.63, 3.8) is 0 Å². The van der Waals surface area contributed by atoms with Gasteiger partial charge in [0.2, 0.25) is 11.8 Å². The highest BCUT2D eigenvalue weighted by Gasteiger charge is 2.32. The maximum absolute atomic E-state index is 12.4. The van der Waals surface area contributed by atoms with Gasteiger partial charge in [-0.2, -0.15) is 0 Å². The van der Waals surface area contributed by atoms with Crippen LogP contribution in [0.5, 0.6) is 0 Å². The van der Waals surface area contributed by atoms with E-state index in [-0.39, 0.29) is 24.9 Å². The topological polar surface area (TPSA) is 90.0 Å². The number of carboxylic acid groups (broad SMARTS) is 1. The minimum absolute atomic E-state index is 0.00765. The lowest BCUT2D eigenvalue weighted by Gasteiger charge is -2.25. The van der Waals surface area contributed by atoms with Crippen LogP contribution in [0.4, 0.5) is 0 Å². The van der Waals surface area contributed by atoms with Crippen LogP contribution < -0.4 is 5.32 Å². The minimum Gasteiger partial charge on any atom is -0.480 e. The molecule has 1 aliphatic heterocycles. The number of carbonyl (C=O) groups is 3. The van der Waals surface area contributed by atoms with E-state index in [4.69, 9.17) is 5.11 Å². The van der Waals surface area contributed by atoms with E-state index in [9.17, 15) is 14.4 Å². The molecule has 1 aliphatic rings. The van der Waals surface area contributed by atoms with Crippen LogP contribution in [0.2, 0.25) is 0 Å². The number of likely N-dealkylation sites (tertiary alicyclic amines) is 1. The van der Waals surface area contributed by atoms with Crippen molar-refractivity contribution in [1.82, 2.24) is 15.1 Å². The van der Waals surface area contributed by atoms with E-state index in [0.29, 0.717) is 26.1 Å². The monoisotopic (exact) mass is 353 g/mol. The first-order valence-electron chi connectivity index (χ1n) is 8.05. The molecule has 0 saturated carbocycles. The molecule has 1 saturated heterocycles. The molecule has 0 unspecified atom stereocenters. The van der Waals surface area contributed by atoms with Gasteiger partial charge in [-0.3, -0.25) is 19.3 Å². The number of nitrogens with one attached hydrogen (secondary N) is 1. The Morgan fingerprint density at radius 2 is 2.25 bits per heavy atom. The van der Waals surface area contributed by atoms with Gasteiger partial charge in [0.25, 0.3) is 0 Å². The summed E-state index contributed by atoms with van der Waals surface area (Å²) in [6, 6.07) is 3.26. The standard InChI is InChI=1S/C16H23N3O4S/c1-2-18(10-14(20)17-9-12-5-4-8-24-12)15(21)11-19-7-3-6-13(19)16(22)23/h4-5,8,13H,2-3,6-7,9-11H2,1H3,(H,17,20)(H,22,23)/t13-/m0/s1. The van der Waals surface area contributed by atoms with E-state index in [0.717, 1.165) is 11.3 Å². The summed E-state index contributed by atoms with van der Waals surface area (Å²) in [7, 11) is 0. The van der Waals surface area contributed by atoms with E-state index < -0.39 is 12.0 Å². The zero-order valence-corrected chi connectivity index (χ0v) is 14.6. The third-order valence-corrected chi connectivity index (χ3v) is 4.97. The second kappa shape index (κ2) is 8.79. The molecule has 24 heavy (non-hydrogen) atoms. The Morgan fingerprint density at radius 3 is 2.88 bits per heavy atom. The molecule has 2 rings (SSSR count). The van der Waals surface area contributed by atoms with Gasteiger partial charge in [0, 0.05) is 11.4 Å². The SMILES string of the molecule is CCN(CC(=O)NCc1cccs1)C(=O)CN1CCC[C@H]1C(=O)O. The summed E-state index contributed by atoms with van der Waals surface area (Å²) in [6.07, 6.45) is 1.34. The van der Waals surface area contributed by atoms with Crippen molar-refractivity contribution in [2.75, 3.05) is 26.2 Å². The van der Waals surface area contributed by atoms with E-state index in [1.165, 1.54) is 4.90 Å². The molecule has 0 aromatic carbocycles. The van der Waals surface area contributed by atoms with Crippen molar-refractivity contribution in [2.24, 2.45) is 0 Å². The number of carbonyl (C=O) groups excluding carboxylic acids is 2. The van der Waals surface area contributed by atoms with Crippen LogP contribution in [-0.2, 0) is 20.9 Å². The van der Waals surface area contributed by atoms with E-state index in [1.54, 1.807) is 16.2 Å². The van der Waals surface area contributed by atoms with Gasteiger partial charge in [0.15, 0.2) is 0 Å². The van der Waals surface area contributed by atoms with Crippen molar-refractivity contribution in [1.29, 1.82) is 0 Å². The van der Waals surface area contributed by atoms with Gasteiger partial charge in [0.1, 0.15) is 6.04 Å². The molecule has 1 atom stereocenters. The summed E-state index contributed by atoms with van der Waals surface area (Å²) in [5.41, 5.74) is 0. The number of likely N-dealkylation sites (N-methyl/N-ethyl adjacent to an activating group) is 1. The fourth-order valence-corrected chi connectivity index (χ4v) is 3.42. The third kappa shape index (κ3) is 5.04. The fourth-order valence-electron chi connectivity index (χ4n) is 2.77. The molecule has 7 nitrogen and oxygen atoms in total. The number of aliphatic carboxylic acids is 1. The molecule has 2 N–H and O–H groups in total. The van der Waals surface area contributed by atoms with Crippen LogP contribution in [0.15, 0.2) is 17.5 Å². The van der Waals surface area contributed by atoms with Crippen LogP contribution in [0, 0.1) is 0 Å². The molecule has 2 heterocycles. The predicted molar refractivity (Wildman–Crippen MR) is 90.7 cm³/mol. The summed E-state index contributed by atoms with van der Waals surface area (Å²) in [5.74, 6) is -1.32. The van der Waals surface area contributed by atoms with Crippen LogP contribution in [0.1, 0.15) is 24.6 Å². The normalized spacial score (nSPS) is 17.6. The van der Waals surface area contributed by atoms with Gasteiger partial charge < -0.3 is 15.3 Å². The van der Waals surface area contributed by atoms with Crippen molar-refractivity contribution in [2.45, 2.75) is 32.4 Å². The second-order valence-electron chi connectivity index (χ2n) is 5.73. The van der Waals surface area contributed by atoms with Crippen LogP contribution in [0.3, 0.4) is 0 Å². The average Bonchev–Trinajstić information content (AvgIpc) is 3.21. The summed E-state index contributed by atoms with van der Waals surface area (Å²) >= 11 is 1.56. The zero-order valence-electron chi connectivity index (χ0n) is 13.7. The van der Waals surface area contributed by atoms with Gasteiger partial charge in [-0.05, 0) is 37.8 Å². The predicted octanol–water partition coefficient (Wildman–Crippen LogP) is 0.762. The van der Waals surface area contributed by atoms with Gasteiger partial charge in [-0.25, -0.2) is 0 Å². The Labute approximate surface area is 145 Å². The molecule has 2 amide bonds. The first-order chi connectivity index (χ1) is 11.5. The Morgan fingerprint density at radius 1 is 1.46 bits per heavy atom. The smallest absolute Gasteiger partial charge is 0.320 e. The lowest BCUT2D eigenvalue weighted by Crippen LogP contribution is -2.47. The van der Waals surface area contributed by atoms with Crippen molar-refractivity contribution in [3.05, 3.63) is 22.4 Å². The number of nitrogens with zero attached hydrogens (tertiary/aromatic N) is 2. The van der Waals surface area contributed by atoms with Crippen LogP contribution in [0.25, 0.3) is 0 Å². The van der Waals surface area contributed by atoms with Crippen molar-refractivity contribution < 1.29 is 19.5 Å². The Kier molecular flexibility index (Phi) is 6.74. The summed E-state index contributed by atoms with van der Waals surface area (Å²) in [5, 5.41) is 13.9. The van der Waals surface area contributed by atoms with E-state index >= 15 is 0 Å². The average molecular weight is 353 g/mol. The van der Waals surface area contributed by atoms with E-state index in [2.05, 4.69) is 5.32 Å². The first-order valence-corrected chi connectivity index (χ1v) is 8.93. The molecular formula is C16H23N3O4S. The molecule has 0 radical (unpaired) electrons. The molecule has 1 aromatic rings. The molecule has 8 heteroatoms. The minimum atomic E-state index is -0.892. The number of amides is 2. The van der Waals surface area contributed by atoms with Gasteiger partial charge in [-0.1, -0.05) is 6.07 Å². The fraction of sp³-hybridized carbons (Fsp3) is 0.562. The maximum atomic E-state index is 12.4. The van der Waals surface area contributed by atoms with Gasteiger partial charge in [-0.15, -0.1) is 11.3 Å². The summed E-state index contributed by atoms with van der Waals surface area (Å²) in [4.78, 5) is 39.8. The lowest BCUT2D eigenvalue weighted by molar-refractivity contribution is -0.144. The highest BCUT2D eigenvalue weighted by atomic mass is 32.1. The number of thiophene rings is 1. The second-order valence-corrected chi connectivity index (χ2v) is 6.76. The Hall–Kier alpha value is -1.93. The summed E-state index contributed by atoms with van der Waals surface area (Å²) in [6.45, 7) is 3.32. The number of rotatable bonds is 8. The van der Waals surface area contributed by atoms with Crippen LogP contribution >= 0.6 is 11.3 Å². The Bertz CT molecular complexity index is 576. The molecule has 1 aromatic heterocycles. The molecule has 132 valence electrons. The van der Waals surface area contributed by atoms with Gasteiger partial charge >= 0.3 is 5.97 Å². The molecule has 0 aliphatic carbocycles. The Balaban J connectivity index is 1.82. The summed E-state index contributed by atoms with van der Waals surface area (Å²) < 4.78 is 0. The van der Waals surface area contributed by atoms with Crippen molar-refractivity contribution >= 4 is 29.1 Å². The van der Waals surface area contributed by atoms with Crippen molar-refractivity contribution in [3.8, 4) is 0 Å². The molecule has 0 bridgehead atoms. The van der Waals surface area contributed by atoms with E-state index in [1.807, 2.05) is 24.4 Å². The van der Waals surface area contributed by atoms with Crippen LogP contribution in [-0.4, -0.2) is 64.9 Å². The van der Waals surface area contributed by atoms with Gasteiger partial charge in [0.05, 0.1) is 19.6 Å². The number of hydrogen-bond acceptors (Lipinski definition) is 5. The molecule has 1 fully saturated rings. The number of carboxylic acids is 1. The first kappa shape index (κ1) is 18.4. The lowest BCUT2D eigenvalue weighted by atomic mass is 10.2. The molecule has 0 spiro atoms. The maximum Gasteiger partial charge on any atom is 0.320 e. The number of hydrogen-bond donors (Lipinski definition) is 2. The third-order valence-electron chi connectivity index (χ3n) is 4.10. The quantitative estimate of drug-likeness (QED) is 0.720. The zero-order chi connectivity index (χ0) is 17.5. The highest BCUT2D eigenvalue weighted by Crippen LogP contribution is 2.17.